The van der Waals surface area contributed by atoms with Crippen molar-refractivity contribution in [2.45, 2.75) is 366 Å². The van der Waals surface area contributed by atoms with Crippen LogP contribution in [0.15, 0.2) is 134 Å². The molecule has 95 heavy (non-hydrogen) atoms. The molecular weight excluding hydrogens is 1190 g/mol. The fourth-order valence-corrected chi connectivity index (χ4v) is 12.2. The van der Waals surface area contributed by atoms with E-state index in [0.29, 0.717) is 17.4 Å². The van der Waals surface area contributed by atoms with Gasteiger partial charge in [0, 0.05) is 6.42 Å². The van der Waals surface area contributed by atoms with Gasteiger partial charge >= 0.3 is 0 Å². The number of quaternary nitrogens is 1. The van der Waals surface area contributed by atoms with Crippen molar-refractivity contribution in [1.82, 2.24) is 5.32 Å². The molecule has 9 heteroatoms. The van der Waals surface area contributed by atoms with Crippen molar-refractivity contribution in [1.29, 1.82) is 0 Å². The smallest absolute Gasteiger partial charge is 0.268 e. The highest BCUT2D eigenvalue weighted by Gasteiger charge is 2.23. The molecule has 0 heterocycles. The van der Waals surface area contributed by atoms with Gasteiger partial charge in [-0.25, -0.2) is 0 Å². The first-order valence-electron chi connectivity index (χ1n) is 40.0. The third-order valence-corrected chi connectivity index (χ3v) is 18.6. The van der Waals surface area contributed by atoms with Gasteiger partial charge in [0.1, 0.15) is 13.2 Å². The predicted octanol–water partition coefficient (Wildman–Crippen LogP) is 25.9. The van der Waals surface area contributed by atoms with E-state index in [1.165, 1.54) is 225 Å². The summed E-state index contributed by atoms with van der Waals surface area (Å²) in [7, 11) is 1.25. The van der Waals surface area contributed by atoms with E-state index in [1.807, 2.05) is 27.2 Å². The molecule has 0 aromatic rings. The van der Waals surface area contributed by atoms with E-state index < -0.39 is 20.0 Å². The number of amides is 1. The lowest BCUT2D eigenvalue weighted by Gasteiger charge is -2.29. The summed E-state index contributed by atoms with van der Waals surface area (Å²) in [5.74, 6) is -0.203. The molecule has 3 unspecified atom stereocenters. The van der Waals surface area contributed by atoms with Crippen LogP contribution in [0.2, 0.25) is 0 Å². The normalized spacial score (nSPS) is 14.2. The minimum absolute atomic E-state index is 0.00674. The molecular formula is C86H153N2O6P. The van der Waals surface area contributed by atoms with Gasteiger partial charge in [-0.05, 0) is 96.3 Å². The molecule has 0 aromatic carbocycles. The number of aliphatic hydroxyl groups excluding tert-OH is 1. The lowest BCUT2D eigenvalue weighted by Crippen LogP contribution is -2.45. The second-order valence-corrected chi connectivity index (χ2v) is 29.5. The molecule has 0 saturated heterocycles. The minimum atomic E-state index is -4.62. The number of carbonyl (C=O) groups is 1. The molecule has 0 aliphatic rings. The lowest BCUT2D eigenvalue weighted by atomic mass is 10.0. The van der Waals surface area contributed by atoms with Gasteiger partial charge in [-0.1, -0.05) is 385 Å². The van der Waals surface area contributed by atoms with Crippen molar-refractivity contribution in [2.24, 2.45) is 0 Å². The van der Waals surface area contributed by atoms with E-state index in [2.05, 4.69) is 141 Å². The molecule has 548 valence electrons. The van der Waals surface area contributed by atoms with E-state index >= 15 is 0 Å². The van der Waals surface area contributed by atoms with Gasteiger partial charge < -0.3 is 28.8 Å². The highest BCUT2D eigenvalue weighted by atomic mass is 31.2. The molecule has 0 aromatic heterocycles. The number of nitrogens with one attached hydrogen (secondary N) is 1. The Labute approximate surface area is 589 Å². The second-order valence-electron chi connectivity index (χ2n) is 28.0. The van der Waals surface area contributed by atoms with Crippen molar-refractivity contribution in [3.05, 3.63) is 134 Å². The number of allylic oxidation sites excluding steroid dienone is 21. The largest absolute Gasteiger partial charge is 0.756 e. The zero-order valence-corrected chi connectivity index (χ0v) is 63.7. The van der Waals surface area contributed by atoms with Gasteiger partial charge in [0.25, 0.3) is 7.82 Å². The predicted molar refractivity (Wildman–Crippen MR) is 417 cm³/mol. The van der Waals surface area contributed by atoms with Crippen molar-refractivity contribution >= 4 is 13.7 Å². The summed E-state index contributed by atoms with van der Waals surface area (Å²) >= 11 is 0. The summed E-state index contributed by atoms with van der Waals surface area (Å²) in [5.41, 5.74) is 0. The Balaban J connectivity index is 4.06. The Morgan fingerprint density at radius 3 is 0.937 bits per heavy atom. The minimum Gasteiger partial charge on any atom is -0.756 e. The summed E-state index contributed by atoms with van der Waals surface area (Å²) in [4.78, 5) is 25.7. The van der Waals surface area contributed by atoms with Crippen LogP contribution in [0.1, 0.15) is 354 Å². The lowest BCUT2D eigenvalue weighted by molar-refractivity contribution is -0.870. The van der Waals surface area contributed by atoms with E-state index in [4.69, 9.17) is 9.05 Å². The number of carbonyl (C=O) groups excluding carboxylic acids is 1. The number of hydrogen-bond acceptors (Lipinski definition) is 6. The van der Waals surface area contributed by atoms with E-state index in [9.17, 15) is 19.4 Å². The number of nitrogens with zero attached hydrogens (tertiary/aromatic N) is 1. The second kappa shape index (κ2) is 74.9. The Kier molecular flexibility index (Phi) is 72.2. The van der Waals surface area contributed by atoms with Crippen LogP contribution in [-0.2, 0) is 18.4 Å². The third-order valence-electron chi connectivity index (χ3n) is 17.6. The highest BCUT2D eigenvalue weighted by molar-refractivity contribution is 7.45. The van der Waals surface area contributed by atoms with Crippen LogP contribution in [-0.4, -0.2) is 68.5 Å². The highest BCUT2D eigenvalue weighted by Crippen LogP contribution is 2.38. The molecule has 0 fully saturated rings. The molecule has 0 aliphatic carbocycles. The van der Waals surface area contributed by atoms with E-state index in [-0.39, 0.29) is 19.1 Å². The molecule has 0 saturated carbocycles. The van der Waals surface area contributed by atoms with Gasteiger partial charge in [-0.2, -0.15) is 0 Å². The van der Waals surface area contributed by atoms with Gasteiger partial charge in [-0.15, -0.1) is 0 Å². The van der Waals surface area contributed by atoms with Crippen LogP contribution in [0.25, 0.3) is 0 Å². The maximum absolute atomic E-state index is 13.1. The summed E-state index contributed by atoms with van der Waals surface area (Å²) in [5, 5.41) is 14.0. The number of likely N-dealkylation sites (N-methyl/N-ethyl adjacent to an activating group) is 1. The first kappa shape index (κ1) is 91.6. The monoisotopic (exact) mass is 1340 g/mol. The van der Waals surface area contributed by atoms with Crippen molar-refractivity contribution in [3.63, 3.8) is 0 Å². The van der Waals surface area contributed by atoms with Gasteiger partial charge in [0.2, 0.25) is 5.91 Å². The fraction of sp³-hybridized carbons (Fsp3) is 0.733. The Bertz CT molecular complexity index is 2020. The van der Waals surface area contributed by atoms with Crippen LogP contribution < -0.4 is 10.2 Å². The van der Waals surface area contributed by atoms with Crippen molar-refractivity contribution < 1.29 is 32.9 Å². The molecule has 0 aliphatic heterocycles. The van der Waals surface area contributed by atoms with Crippen molar-refractivity contribution in [3.8, 4) is 0 Å². The number of phosphoric ester groups is 1. The summed E-state index contributed by atoms with van der Waals surface area (Å²) < 4.78 is 23.5. The maximum Gasteiger partial charge on any atom is 0.268 e. The van der Waals surface area contributed by atoms with Crippen LogP contribution >= 0.6 is 7.82 Å². The number of rotatable bonds is 73. The Morgan fingerprint density at radius 2 is 0.642 bits per heavy atom. The number of aliphatic hydroxyl groups is 1. The Hall–Kier alpha value is -3.36. The number of hydrogen-bond donors (Lipinski definition) is 2. The SMILES string of the molecule is CC/C=C\C/C=C\C/C=C\C/C=C\C/C=C\C/C=C\C/C=C\C/C=C\C/C=C\C/C=C\CCCCCCCCCCCCC(=O)NC(COP(=O)([O-])OCC[N+](C)(C)C)C(O)/C=C/CCCCCCCCCCCCCCCCCCCCCCCCCCCCCCCC. The maximum atomic E-state index is 13.1. The van der Waals surface area contributed by atoms with Crippen LogP contribution in [0, 0.1) is 0 Å². The average molecular weight is 1340 g/mol. The van der Waals surface area contributed by atoms with Gasteiger partial charge in [0.15, 0.2) is 0 Å². The molecule has 0 rings (SSSR count). The quantitative estimate of drug-likeness (QED) is 0.0272. The molecule has 8 nitrogen and oxygen atoms in total. The molecule has 0 radical (unpaired) electrons. The molecule has 1 amide bonds. The molecule has 0 spiro atoms. The number of phosphoric acid groups is 1. The first-order valence-corrected chi connectivity index (χ1v) is 41.5. The topological polar surface area (TPSA) is 108 Å². The summed E-state index contributed by atoms with van der Waals surface area (Å²) in [6.07, 6.45) is 113. The standard InChI is InChI=1S/C86H153N2O6P/c1-6-8-10-12-14-16-18-20-22-24-26-28-30-32-34-36-38-40-41-42-43-44-45-46-47-48-50-52-54-56-58-60-62-64-66-68-70-72-74-76-78-80-86(90)87-84(83-94-95(91,92)93-82-81-88(3,4)5)85(89)79-77-75-73-71-69-67-65-63-61-59-57-55-53-51-49-39-37-35-33-31-29-27-25-23-21-19-17-15-13-11-9-7-2/h8,10,14,16,20,22,26,28,32,34,38,40,42-43,45-46,48,50,54,56,77,79,84-85,89H,6-7,9,11-13,15,17-19,21,23-25,27,29-31,33,35-37,39,41,44,47,49,51-53,55,57-76,78,80-83H2,1-5H3,(H-,87,90,91,92)/b10-8-,16-14-,22-20-,28-26-,34-32-,40-38-,43-42-,46-45-,50-48-,56-54-,79-77+. The van der Waals surface area contributed by atoms with Gasteiger partial charge in [-0.3, -0.25) is 9.36 Å². The first-order chi connectivity index (χ1) is 46.5. The van der Waals surface area contributed by atoms with Crippen LogP contribution in [0.5, 0.6) is 0 Å². The van der Waals surface area contributed by atoms with Crippen LogP contribution in [0.3, 0.4) is 0 Å². The fourth-order valence-electron chi connectivity index (χ4n) is 11.5. The van der Waals surface area contributed by atoms with Crippen molar-refractivity contribution in [2.75, 3.05) is 40.9 Å². The molecule has 2 N–H and O–H groups in total. The number of unbranched alkanes of at least 4 members (excludes halogenated alkanes) is 40. The van der Waals surface area contributed by atoms with Gasteiger partial charge in [0.05, 0.1) is 39.9 Å². The van der Waals surface area contributed by atoms with E-state index in [0.717, 1.165) is 109 Å². The zero-order chi connectivity index (χ0) is 69.0. The molecule has 3 atom stereocenters. The third kappa shape index (κ3) is 77.9. The summed E-state index contributed by atoms with van der Waals surface area (Å²) in [6, 6.07) is -0.900. The van der Waals surface area contributed by atoms with E-state index in [1.54, 1.807) is 6.08 Å². The zero-order valence-electron chi connectivity index (χ0n) is 62.8. The summed E-state index contributed by atoms with van der Waals surface area (Å²) in [6.45, 7) is 4.56. The Morgan fingerprint density at radius 1 is 0.379 bits per heavy atom. The van der Waals surface area contributed by atoms with Crippen LogP contribution in [0.4, 0.5) is 0 Å². The average Bonchev–Trinajstić information content (AvgIpc) is 2.01. The molecule has 0 bridgehead atoms.